The SMILES string of the molecule is Br.COc1cc2c(cc1C=O)CCNC2.Cl.O=Cc1cc2c(cc1O)CNCC2. The summed E-state index contributed by atoms with van der Waals surface area (Å²) in [5.41, 5.74) is 5.78. The predicted octanol–water partition coefficient (Wildman–Crippen LogP) is 3.00. The molecule has 0 spiro atoms. The molecule has 29 heavy (non-hydrogen) atoms. The van der Waals surface area contributed by atoms with Crippen molar-refractivity contribution in [3.8, 4) is 11.5 Å². The third-order valence-electron chi connectivity index (χ3n) is 4.93. The van der Waals surface area contributed by atoms with Gasteiger partial charge in [-0.3, -0.25) is 9.59 Å². The van der Waals surface area contributed by atoms with E-state index in [1.54, 1.807) is 19.2 Å². The minimum Gasteiger partial charge on any atom is -0.507 e. The average Bonchev–Trinajstić information content (AvgIpc) is 2.72. The number of benzene rings is 2. The van der Waals surface area contributed by atoms with Crippen molar-refractivity contribution in [1.82, 2.24) is 10.6 Å². The van der Waals surface area contributed by atoms with Crippen LogP contribution in [0.4, 0.5) is 0 Å². The molecule has 2 aliphatic heterocycles. The van der Waals surface area contributed by atoms with Gasteiger partial charge in [0.15, 0.2) is 12.6 Å². The van der Waals surface area contributed by atoms with Crippen molar-refractivity contribution in [3.05, 3.63) is 57.6 Å². The summed E-state index contributed by atoms with van der Waals surface area (Å²) in [7, 11) is 1.59. The van der Waals surface area contributed by atoms with E-state index in [9.17, 15) is 14.7 Å². The van der Waals surface area contributed by atoms with Gasteiger partial charge < -0.3 is 20.5 Å². The van der Waals surface area contributed by atoms with Crippen LogP contribution in [0, 0.1) is 0 Å². The third kappa shape index (κ3) is 6.02. The van der Waals surface area contributed by atoms with E-state index in [0.29, 0.717) is 23.2 Å². The van der Waals surface area contributed by atoms with E-state index in [2.05, 4.69) is 10.6 Å². The molecule has 0 fully saturated rings. The highest BCUT2D eigenvalue weighted by Crippen LogP contribution is 2.25. The number of methoxy groups -OCH3 is 1. The number of hydrogen-bond acceptors (Lipinski definition) is 6. The summed E-state index contributed by atoms with van der Waals surface area (Å²) in [5, 5.41) is 15.9. The molecule has 0 saturated heterocycles. The third-order valence-corrected chi connectivity index (χ3v) is 4.93. The fourth-order valence-electron chi connectivity index (χ4n) is 3.43. The smallest absolute Gasteiger partial charge is 0.153 e. The minimum absolute atomic E-state index is 0. The normalized spacial score (nSPS) is 13.8. The molecule has 3 N–H and O–H groups in total. The summed E-state index contributed by atoms with van der Waals surface area (Å²) in [6.07, 6.45) is 3.45. The second-order valence-corrected chi connectivity index (χ2v) is 6.63. The van der Waals surface area contributed by atoms with E-state index in [4.69, 9.17) is 4.74 Å². The van der Waals surface area contributed by atoms with Gasteiger partial charge in [0.2, 0.25) is 0 Å². The summed E-state index contributed by atoms with van der Waals surface area (Å²) in [4.78, 5) is 21.3. The molecule has 4 rings (SSSR count). The quantitative estimate of drug-likeness (QED) is 0.579. The van der Waals surface area contributed by atoms with Crippen LogP contribution in [0.5, 0.6) is 11.5 Å². The summed E-state index contributed by atoms with van der Waals surface area (Å²) in [5.74, 6) is 0.750. The Bertz CT molecular complexity index is 861. The van der Waals surface area contributed by atoms with Gasteiger partial charge in [0.1, 0.15) is 11.5 Å². The van der Waals surface area contributed by atoms with Gasteiger partial charge in [0, 0.05) is 13.1 Å². The number of rotatable bonds is 3. The second-order valence-electron chi connectivity index (χ2n) is 6.63. The number of aldehydes is 2. The maximum Gasteiger partial charge on any atom is 0.153 e. The van der Waals surface area contributed by atoms with Crippen LogP contribution in [0.25, 0.3) is 0 Å². The number of fused-ring (bicyclic) bond motifs is 2. The number of hydrogen-bond donors (Lipinski definition) is 3. The minimum atomic E-state index is 0. The number of carbonyl (C=O) groups excluding carboxylic acids is 2. The number of halogens is 2. The first-order valence-corrected chi connectivity index (χ1v) is 9.02. The van der Waals surface area contributed by atoms with Gasteiger partial charge in [0.05, 0.1) is 18.2 Å². The molecule has 0 unspecified atom stereocenters. The van der Waals surface area contributed by atoms with Crippen molar-refractivity contribution in [2.75, 3.05) is 20.2 Å². The Morgan fingerprint density at radius 3 is 1.90 bits per heavy atom. The second kappa shape index (κ2) is 11.9. The number of aromatic hydroxyl groups is 1. The van der Waals surface area contributed by atoms with Crippen LogP contribution < -0.4 is 15.4 Å². The van der Waals surface area contributed by atoms with E-state index >= 15 is 0 Å². The summed E-state index contributed by atoms with van der Waals surface area (Å²) in [6, 6.07) is 7.33. The first kappa shape index (κ1) is 25.1. The summed E-state index contributed by atoms with van der Waals surface area (Å²) >= 11 is 0. The molecule has 2 aliphatic rings. The van der Waals surface area contributed by atoms with E-state index < -0.39 is 0 Å². The largest absolute Gasteiger partial charge is 0.507 e. The highest BCUT2D eigenvalue weighted by molar-refractivity contribution is 8.93. The Hall–Kier alpha value is -1.93. The van der Waals surface area contributed by atoms with Crippen molar-refractivity contribution < 1.29 is 19.4 Å². The van der Waals surface area contributed by atoms with E-state index in [1.165, 1.54) is 16.7 Å². The van der Waals surface area contributed by atoms with Crippen molar-refractivity contribution >= 4 is 42.0 Å². The topological polar surface area (TPSA) is 87.7 Å². The van der Waals surface area contributed by atoms with Crippen LogP contribution in [0.2, 0.25) is 0 Å². The molecule has 6 nitrogen and oxygen atoms in total. The molecule has 158 valence electrons. The lowest BCUT2D eigenvalue weighted by atomic mass is 9.98. The zero-order valence-electron chi connectivity index (χ0n) is 16.2. The van der Waals surface area contributed by atoms with Crippen LogP contribution in [-0.4, -0.2) is 37.9 Å². The van der Waals surface area contributed by atoms with Crippen molar-refractivity contribution in [1.29, 1.82) is 0 Å². The molecule has 2 heterocycles. The molecule has 0 radical (unpaired) electrons. The fraction of sp³-hybridized carbons (Fsp3) is 0.333. The Morgan fingerprint density at radius 1 is 0.862 bits per heavy atom. The molecule has 0 atom stereocenters. The first-order chi connectivity index (χ1) is 13.2. The molecular formula is C21H26BrClN2O4. The molecule has 0 aromatic heterocycles. The molecule has 8 heteroatoms. The molecular weight excluding hydrogens is 460 g/mol. The molecule has 0 bridgehead atoms. The predicted molar refractivity (Wildman–Crippen MR) is 120 cm³/mol. The van der Waals surface area contributed by atoms with Crippen molar-refractivity contribution in [2.24, 2.45) is 0 Å². The zero-order chi connectivity index (χ0) is 19.2. The lowest BCUT2D eigenvalue weighted by molar-refractivity contribution is 0.111. The maximum atomic E-state index is 10.8. The van der Waals surface area contributed by atoms with E-state index in [1.807, 2.05) is 12.1 Å². The van der Waals surface area contributed by atoms with Crippen LogP contribution in [0.15, 0.2) is 24.3 Å². The Balaban J connectivity index is 0.000000272. The average molecular weight is 486 g/mol. The van der Waals surface area contributed by atoms with Gasteiger partial charge in [-0.15, -0.1) is 29.4 Å². The summed E-state index contributed by atoms with van der Waals surface area (Å²) in [6.45, 7) is 3.57. The molecule has 2 aromatic carbocycles. The standard InChI is InChI=1S/C11H13NO2.C10H11NO2.BrH.ClH/c1-14-11-5-9-6-12-3-2-8(9)4-10(11)7-13;12-6-9-3-7-1-2-11-5-8(7)4-10(9)13;;/h4-5,7,12H,2-3,6H2,1H3;3-4,6,11,13H,1-2,5H2;2*1H. The Labute approximate surface area is 187 Å². The lowest BCUT2D eigenvalue weighted by Gasteiger charge is -2.18. The van der Waals surface area contributed by atoms with Crippen LogP contribution in [0.1, 0.15) is 43.0 Å². The zero-order valence-corrected chi connectivity index (χ0v) is 18.7. The number of phenols is 1. The van der Waals surface area contributed by atoms with Gasteiger partial charge in [-0.1, -0.05) is 0 Å². The van der Waals surface area contributed by atoms with Gasteiger partial charge in [-0.05, 0) is 72.5 Å². The molecule has 0 amide bonds. The highest BCUT2D eigenvalue weighted by Gasteiger charge is 2.13. The van der Waals surface area contributed by atoms with Crippen molar-refractivity contribution in [2.45, 2.75) is 25.9 Å². The molecule has 0 aliphatic carbocycles. The molecule has 2 aromatic rings. The Morgan fingerprint density at radius 2 is 1.38 bits per heavy atom. The maximum absolute atomic E-state index is 10.8. The van der Waals surface area contributed by atoms with E-state index in [-0.39, 0.29) is 35.1 Å². The van der Waals surface area contributed by atoms with E-state index in [0.717, 1.165) is 50.9 Å². The van der Waals surface area contributed by atoms with Gasteiger partial charge in [0.25, 0.3) is 0 Å². The monoisotopic (exact) mass is 484 g/mol. The number of phenolic OH excluding ortho intramolecular Hbond substituents is 1. The summed E-state index contributed by atoms with van der Waals surface area (Å²) < 4.78 is 5.14. The van der Waals surface area contributed by atoms with Crippen LogP contribution in [-0.2, 0) is 25.9 Å². The fourth-order valence-corrected chi connectivity index (χ4v) is 3.43. The van der Waals surface area contributed by atoms with Crippen LogP contribution in [0.3, 0.4) is 0 Å². The number of nitrogens with one attached hydrogen (secondary N) is 2. The van der Waals surface area contributed by atoms with Gasteiger partial charge in [-0.2, -0.15) is 0 Å². The Kier molecular flexibility index (Phi) is 10.3. The number of carbonyl (C=O) groups is 2. The lowest BCUT2D eigenvalue weighted by Crippen LogP contribution is -2.23. The van der Waals surface area contributed by atoms with Crippen molar-refractivity contribution in [3.63, 3.8) is 0 Å². The first-order valence-electron chi connectivity index (χ1n) is 9.02. The number of ether oxygens (including phenoxy) is 1. The van der Waals surface area contributed by atoms with Crippen LogP contribution >= 0.6 is 29.4 Å². The van der Waals surface area contributed by atoms with Gasteiger partial charge in [-0.25, -0.2) is 0 Å². The molecule has 0 saturated carbocycles. The van der Waals surface area contributed by atoms with Gasteiger partial charge >= 0.3 is 0 Å². The highest BCUT2D eigenvalue weighted by atomic mass is 79.9.